The summed E-state index contributed by atoms with van der Waals surface area (Å²) in [6, 6.07) is 0. The molecule has 0 amide bonds. The van der Waals surface area contributed by atoms with E-state index in [4.69, 9.17) is 4.89 Å². The summed E-state index contributed by atoms with van der Waals surface area (Å²) in [5.74, 6) is 0. The zero-order chi connectivity index (χ0) is 11.4. The van der Waals surface area contributed by atoms with Crippen LogP contribution in [0.25, 0.3) is 0 Å². The van der Waals surface area contributed by atoms with E-state index in [-0.39, 0.29) is 19.5 Å². The standard InChI is InChI=1S/C12H25O2P.Zn/c1-2-3-4-5-6-7-8-9-10-11-12-15(13)14;/h2-12H2,1H3;/p+1. The smallest absolute Gasteiger partial charge is 0.161 e. The summed E-state index contributed by atoms with van der Waals surface area (Å²) in [6.07, 6.45) is 13.2. The van der Waals surface area contributed by atoms with Gasteiger partial charge in [-0.1, -0.05) is 58.3 Å². The summed E-state index contributed by atoms with van der Waals surface area (Å²) in [7, 11) is -1.89. The Morgan fingerprint density at radius 3 is 1.56 bits per heavy atom. The van der Waals surface area contributed by atoms with Crippen LogP contribution in [0.1, 0.15) is 71.1 Å². The van der Waals surface area contributed by atoms with E-state index in [2.05, 4.69) is 6.92 Å². The van der Waals surface area contributed by atoms with Gasteiger partial charge in [-0.2, -0.15) is 4.89 Å². The Hall–Kier alpha value is 0.683. The van der Waals surface area contributed by atoms with Crippen LogP contribution in [0.3, 0.4) is 0 Å². The summed E-state index contributed by atoms with van der Waals surface area (Å²) in [6.45, 7) is 2.24. The Labute approximate surface area is 114 Å². The molecule has 2 nitrogen and oxygen atoms in total. The molecule has 0 aliphatic heterocycles. The molecule has 0 spiro atoms. The molecule has 0 radical (unpaired) electrons. The predicted molar refractivity (Wildman–Crippen MR) is 66.5 cm³/mol. The van der Waals surface area contributed by atoms with Crippen LogP contribution < -0.4 is 0 Å². The topological polar surface area (TPSA) is 37.3 Å². The molecule has 0 bridgehead atoms. The minimum absolute atomic E-state index is 0. The zero-order valence-corrected chi connectivity index (χ0v) is 14.6. The number of hydrogen-bond donors (Lipinski definition) is 1. The van der Waals surface area contributed by atoms with Crippen LogP contribution in [0.15, 0.2) is 0 Å². The van der Waals surface area contributed by atoms with Crippen LogP contribution in [0.4, 0.5) is 0 Å². The number of unbranched alkanes of at least 4 members (excludes halogenated alkanes) is 9. The second-order valence-corrected chi connectivity index (χ2v) is 5.41. The molecule has 16 heavy (non-hydrogen) atoms. The van der Waals surface area contributed by atoms with Crippen LogP contribution in [0.2, 0.25) is 0 Å². The monoisotopic (exact) mass is 297 g/mol. The van der Waals surface area contributed by atoms with Gasteiger partial charge in [0.2, 0.25) is 0 Å². The normalized spacial score (nSPS) is 11.0. The van der Waals surface area contributed by atoms with Gasteiger partial charge in [-0.3, -0.25) is 0 Å². The molecule has 1 N–H and O–H groups in total. The van der Waals surface area contributed by atoms with E-state index in [1.807, 2.05) is 0 Å². The van der Waals surface area contributed by atoms with E-state index < -0.39 is 8.03 Å². The van der Waals surface area contributed by atoms with Crippen LogP contribution >= 0.6 is 8.03 Å². The minimum Gasteiger partial charge on any atom is -0.161 e. The van der Waals surface area contributed by atoms with Crippen molar-refractivity contribution in [1.82, 2.24) is 0 Å². The van der Waals surface area contributed by atoms with Gasteiger partial charge in [-0.15, -0.1) is 0 Å². The molecule has 0 aromatic heterocycles. The van der Waals surface area contributed by atoms with Gasteiger partial charge in [0.25, 0.3) is 0 Å². The van der Waals surface area contributed by atoms with Crippen molar-refractivity contribution in [3.63, 3.8) is 0 Å². The molecule has 4 heteroatoms. The molecule has 0 saturated carbocycles. The van der Waals surface area contributed by atoms with Crippen molar-refractivity contribution < 1.29 is 28.9 Å². The second kappa shape index (κ2) is 15.7. The van der Waals surface area contributed by atoms with Crippen LogP contribution in [-0.4, -0.2) is 11.1 Å². The Balaban J connectivity index is 0. The predicted octanol–water partition coefficient (Wildman–Crippen LogP) is 4.64. The molecule has 0 aromatic carbocycles. The van der Waals surface area contributed by atoms with Crippen molar-refractivity contribution in [2.24, 2.45) is 0 Å². The van der Waals surface area contributed by atoms with E-state index in [9.17, 15) is 4.57 Å². The summed E-state index contributed by atoms with van der Waals surface area (Å²) in [5, 5.41) is 0. The van der Waals surface area contributed by atoms with E-state index in [1.165, 1.54) is 51.4 Å². The maximum Gasteiger partial charge on any atom is 0.505 e. The first-order chi connectivity index (χ1) is 7.27. The molecule has 0 aromatic rings. The maximum absolute atomic E-state index is 10.4. The van der Waals surface area contributed by atoms with Gasteiger partial charge in [0.15, 0.2) is 6.16 Å². The van der Waals surface area contributed by atoms with Gasteiger partial charge in [-0.05, 0) is 17.4 Å². The molecule has 0 fully saturated rings. The quantitative estimate of drug-likeness (QED) is 0.343. The molecular formula is C12H26O2PZn+. The first kappa shape index (κ1) is 19.0. The molecule has 0 aliphatic carbocycles. The third kappa shape index (κ3) is 17.1. The first-order valence-electron chi connectivity index (χ1n) is 6.41. The summed E-state index contributed by atoms with van der Waals surface area (Å²) in [4.78, 5) is 8.58. The van der Waals surface area contributed by atoms with Crippen molar-refractivity contribution >= 4 is 8.03 Å². The molecule has 92 valence electrons. The number of hydrogen-bond acceptors (Lipinski definition) is 1. The Morgan fingerprint density at radius 1 is 0.812 bits per heavy atom. The van der Waals surface area contributed by atoms with Crippen molar-refractivity contribution in [3.05, 3.63) is 0 Å². The summed E-state index contributed by atoms with van der Waals surface area (Å²) in [5.41, 5.74) is 0. The van der Waals surface area contributed by atoms with Gasteiger partial charge < -0.3 is 0 Å². The average Bonchev–Trinajstić information content (AvgIpc) is 2.20. The first-order valence-corrected chi connectivity index (χ1v) is 7.80. The SMILES string of the molecule is CCCCCCCCCCCC[P+](=O)O.[Zn]. The van der Waals surface area contributed by atoms with Gasteiger partial charge >= 0.3 is 8.03 Å². The Morgan fingerprint density at radius 2 is 1.19 bits per heavy atom. The van der Waals surface area contributed by atoms with E-state index in [0.29, 0.717) is 6.16 Å². The molecule has 0 saturated heterocycles. The van der Waals surface area contributed by atoms with Crippen molar-refractivity contribution in [1.29, 1.82) is 0 Å². The van der Waals surface area contributed by atoms with Gasteiger partial charge in [-0.25, -0.2) is 0 Å². The third-order valence-corrected chi connectivity index (χ3v) is 3.40. The molecule has 1 atom stereocenters. The second-order valence-electron chi connectivity index (χ2n) is 4.26. The third-order valence-electron chi connectivity index (χ3n) is 2.70. The van der Waals surface area contributed by atoms with E-state index in [1.54, 1.807) is 0 Å². The van der Waals surface area contributed by atoms with Gasteiger partial charge in [0.1, 0.15) is 0 Å². The van der Waals surface area contributed by atoms with Crippen molar-refractivity contribution in [3.8, 4) is 0 Å². The number of rotatable bonds is 11. The fourth-order valence-corrected chi connectivity index (χ4v) is 2.23. The molecule has 0 heterocycles. The minimum atomic E-state index is -1.89. The Bertz CT molecular complexity index is 154. The van der Waals surface area contributed by atoms with Gasteiger partial charge in [0.05, 0.1) is 0 Å². The van der Waals surface area contributed by atoms with Crippen LogP contribution in [0, 0.1) is 0 Å². The Kier molecular flexibility index (Phi) is 18.7. The molecular weight excluding hydrogens is 272 g/mol. The zero-order valence-electron chi connectivity index (χ0n) is 10.8. The van der Waals surface area contributed by atoms with E-state index in [0.717, 1.165) is 12.8 Å². The van der Waals surface area contributed by atoms with Crippen LogP contribution in [0.5, 0.6) is 0 Å². The maximum atomic E-state index is 10.4. The molecule has 0 rings (SSSR count). The fraction of sp³-hybridized carbons (Fsp3) is 1.00. The molecule has 0 aliphatic rings. The summed E-state index contributed by atoms with van der Waals surface area (Å²) >= 11 is 0. The van der Waals surface area contributed by atoms with E-state index >= 15 is 0 Å². The van der Waals surface area contributed by atoms with Crippen molar-refractivity contribution in [2.75, 3.05) is 6.16 Å². The van der Waals surface area contributed by atoms with Gasteiger partial charge in [0, 0.05) is 19.5 Å². The largest absolute Gasteiger partial charge is 0.505 e. The van der Waals surface area contributed by atoms with Crippen LogP contribution in [-0.2, 0) is 24.0 Å². The van der Waals surface area contributed by atoms with Crippen molar-refractivity contribution in [2.45, 2.75) is 71.1 Å². The summed E-state index contributed by atoms with van der Waals surface area (Å²) < 4.78 is 10.4. The fourth-order valence-electron chi connectivity index (χ4n) is 1.73. The average molecular weight is 299 g/mol. The molecule has 1 unspecified atom stereocenters.